The number of aryl methyl sites for hydroxylation is 1. The van der Waals surface area contributed by atoms with E-state index in [4.69, 9.17) is 0 Å². The van der Waals surface area contributed by atoms with E-state index in [1.165, 1.54) is 12.5 Å². The third-order valence-electron chi connectivity index (χ3n) is 4.01. The first-order chi connectivity index (χ1) is 11.6. The quantitative estimate of drug-likeness (QED) is 0.883. The second-order valence-electron chi connectivity index (χ2n) is 5.84. The zero-order valence-corrected chi connectivity index (χ0v) is 13.7. The van der Waals surface area contributed by atoms with Gasteiger partial charge in [0.1, 0.15) is 5.70 Å². The van der Waals surface area contributed by atoms with E-state index >= 15 is 0 Å². The Balaban J connectivity index is 1.95. The van der Waals surface area contributed by atoms with Crippen molar-refractivity contribution in [1.82, 2.24) is 5.32 Å². The van der Waals surface area contributed by atoms with E-state index < -0.39 is 0 Å². The summed E-state index contributed by atoms with van der Waals surface area (Å²) in [6.07, 6.45) is 3.61. The summed E-state index contributed by atoms with van der Waals surface area (Å²) in [5.41, 5.74) is 3.27. The minimum atomic E-state index is -0.254. The number of rotatable bonds is 3. The van der Waals surface area contributed by atoms with Crippen molar-refractivity contribution in [2.75, 3.05) is 11.4 Å². The van der Waals surface area contributed by atoms with Gasteiger partial charge in [-0.1, -0.05) is 48.5 Å². The topological polar surface area (TPSA) is 49.4 Å². The molecule has 1 heterocycles. The van der Waals surface area contributed by atoms with E-state index in [9.17, 15) is 9.59 Å². The van der Waals surface area contributed by atoms with Crippen LogP contribution in [0.5, 0.6) is 0 Å². The molecule has 0 aliphatic carbocycles. The zero-order chi connectivity index (χ0) is 16.9. The molecule has 122 valence electrons. The molecule has 0 spiro atoms. The molecule has 0 unspecified atom stereocenters. The SMILES string of the molecule is CC(=O)N/C(=C\c1ccccc1)C(=O)N1CCCc2ccccc21. The third-order valence-corrected chi connectivity index (χ3v) is 4.01. The molecular weight excluding hydrogens is 300 g/mol. The Bertz CT molecular complexity index is 781. The molecule has 4 heteroatoms. The van der Waals surface area contributed by atoms with Crippen LogP contribution in [0.25, 0.3) is 6.08 Å². The van der Waals surface area contributed by atoms with Crippen LogP contribution >= 0.6 is 0 Å². The van der Waals surface area contributed by atoms with E-state index in [-0.39, 0.29) is 11.8 Å². The summed E-state index contributed by atoms with van der Waals surface area (Å²) >= 11 is 0. The normalized spacial score (nSPS) is 14.0. The molecule has 0 radical (unpaired) electrons. The molecular formula is C20H20N2O2. The first kappa shape index (κ1) is 16.0. The van der Waals surface area contributed by atoms with Gasteiger partial charge in [-0.15, -0.1) is 0 Å². The molecule has 1 aliphatic heterocycles. The lowest BCUT2D eigenvalue weighted by molar-refractivity contribution is -0.121. The van der Waals surface area contributed by atoms with Crippen LogP contribution in [0.4, 0.5) is 5.69 Å². The Hall–Kier alpha value is -2.88. The maximum absolute atomic E-state index is 13.0. The lowest BCUT2D eigenvalue weighted by Gasteiger charge is -2.30. The monoisotopic (exact) mass is 320 g/mol. The molecule has 0 bridgehead atoms. The number of nitrogens with one attached hydrogen (secondary N) is 1. The predicted octanol–water partition coefficient (Wildman–Crippen LogP) is 3.14. The Morgan fingerprint density at radius 2 is 1.75 bits per heavy atom. The molecule has 2 aromatic carbocycles. The highest BCUT2D eigenvalue weighted by atomic mass is 16.2. The number of benzene rings is 2. The number of hydrogen-bond acceptors (Lipinski definition) is 2. The van der Waals surface area contributed by atoms with Crippen molar-refractivity contribution in [3.63, 3.8) is 0 Å². The molecule has 0 atom stereocenters. The van der Waals surface area contributed by atoms with Crippen molar-refractivity contribution in [3.05, 3.63) is 71.4 Å². The molecule has 3 rings (SSSR count). The fourth-order valence-corrected chi connectivity index (χ4v) is 2.95. The highest BCUT2D eigenvalue weighted by Crippen LogP contribution is 2.27. The number of fused-ring (bicyclic) bond motifs is 1. The van der Waals surface area contributed by atoms with Gasteiger partial charge in [0.2, 0.25) is 5.91 Å². The maximum atomic E-state index is 13.0. The molecule has 2 aromatic rings. The minimum absolute atomic E-state index is 0.179. The van der Waals surface area contributed by atoms with Crippen LogP contribution in [0.2, 0.25) is 0 Å². The summed E-state index contributed by atoms with van der Waals surface area (Å²) in [5, 5.41) is 2.69. The van der Waals surface area contributed by atoms with Gasteiger partial charge in [0, 0.05) is 19.2 Å². The van der Waals surface area contributed by atoms with Crippen LogP contribution in [0.1, 0.15) is 24.5 Å². The molecule has 0 fully saturated rings. The van der Waals surface area contributed by atoms with E-state index in [0.29, 0.717) is 12.2 Å². The summed E-state index contributed by atoms with van der Waals surface area (Å²) in [6, 6.07) is 17.4. The lowest BCUT2D eigenvalue weighted by atomic mass is 10.0. The smallest absolute Gasteiger partial charge is 0.274 e. The molecule has 0 saturated carbocycles. The number of hydrogen-bond donors (Lipinski definition) is 1. The van der Waals surface area contributed by atoms with Crippen LogP contribution in [0.15, 0.2) is 60.3 Å². The summed E-state index contributed by atoms with van der Waals surface area (Å²) < 4.78 is 0. The summed E-state index contributed by atoms with van der Waals surface area (Å²) in [4.78, 5) is 26.4. The van der Waals surface area contributed by atoms with Crippen LogP contribution < -0.4 is 10.2 Å². The van der Waals surface area contributed by atoms with Crippen molar-refractivity contribution in [1.29, 1.82) is 0 Å². The zero-order valence-electron chi connectivity index (χ0n) is 13.7. The summed E-state index contributed by atoms with van der Waals surface area (Å²) in [6.45, 7) is 2.07. The van der Waals surface area contributed by atoms with Gasteiger partial charge in [0.25, 0.3) is 5.91 Å². The van der Waals surface area contributed by atoms with Gasteiger partial charge >= 0.3 is 0 Å². The molecule has 4 nitrogen and oxygen atoms in total. The van der Waals surface area contributed by atoms with E-state index in [1.54, 1.807) is 11.0 Å². The van der Waals surface area contributed by atoms with Crippen LogP contribution in [-0.4, -0.2) is 18.4 Å². The second-order valence-corrected chi connectivity index (χ2v) is 5.84. The van der Waals surface area contributed by atoms with Crippen molar-refractivity contribution in [3.8, 4) is 0 Å². The average Bonchev–Trinajstić information content (AvgIpc) is 2.60. The second kappa shape index (κ2) is 7.13. The Morgan fingerprint density at radius 3 is 2.50 bits per heavy atom. The standard InChI is InChI=1S/C20H20N2O2/c1-15(23)21-18(14-16-8-3-2-4-9-16)20(24)22-13-7-11-17-10-5-6-12-19(17)22/h2-6,8-10,12,14H,7,11,13H2,1H3,(H,21,23)/b18-14-. The third kappa shape index (κ3) is 3.54. The molecule has 2 amide bonds. The van der Waals surface area contributed by atoms with Gasteiger partial charge in [-0.05, 0) is 36.1 Å². The van der Waals surface area contributed by atoms with Crippen molar-refractivity contribution in [2.45, 2.75) is 19.8 Å². The molecule has 24 heavy (non-hydrogen) atoms. The van der Waals surface area contributed by atoms with Gasteiger partial charge in [0.05, 0.1) is 0 Å². The minimum Gasteiger partial charge on any atom is -0.322 e. The number of carbonyl (C=O) groups excluding carboxylic acids is 2. The average molecular weight is 320 g/mol. The molecule has 0 aromatic heterocycles. The van der Waals surface area contributed by atoms with Gasteiger partial charge < -0.3 is 10.2 Å². The van der Waals surface area contributed by atoms with E-state index in [1.807, 2.05) is 54.6 Å². The number of carbonyl (C=O) groups is 2. The van der Waals surface area contributed by atoms with Gasteiger partial charge in [-0.25, -0.2) is 0 Å². The van der Waals surface area contributed by atoms with Gasteiger partial charge in [0.15, 0.2) is 0 Å². The van der Waals surface area contributed by atoms with Gasteiger partial charge in [-0.2, -0.15) is 0 Å². The molecule has 1 N–H and O–H groups in total. The van der Waals surface area contributed by atoms with Crippen molar-refractivity contribution >= 4 is 23.6 Å². The fourth-order valence-electron chi connectivity index (χ4n) is 2.95. The number of anilines is 1. The highest BCUT2D eigenvalue weighted by molar-refractivity contribution is 6.10. The van der Waals surface area contributed by atoms with E-state index in [0.717, 1.165) is 24.1 Å². The summed E-state index contributed by atoms with van der Waals surface area (Å²) in [7, 11) is 0. The molecule has 1 aliphatic rings. The largest absolute Gasteiger partial charge is 0.322 e. The summed E-state index contributed by atoms with van der Waals surface area (Å²) in [5.74, 6) is -0.433. The van der Waals surface area contributed by atoms with Crippen molar-refractivity contribution < 1.29 is 9.59 Å². The van der Waals surface area contributed by atoms with Crippen LogP contribution in [0.3, 0.4) is 0 Å². The number of amides is 2. The first-order valence-corrected chi connectivity index (χ1v) is 8.09. The first-order valence-electron chi connectivity index (χ1n) is 8.09. The Morgan fingerprint density at radius 1 is 1.04 bits per heavy atom. The number of nitrogens with zero attached hydrogens (tertiary/aromatic N) is 1. The Kier molecular flexibility index (Phi) is 4.75. The van der Waals surface area contributed by atoms with Crippen LogP contribution in [0, 0.1) is 0 Å². The highest BCUT2D eigenvalue weighted by Gasteiger charge is 2.25. The predicted molar refractivity (Wildman–Crippen MR) is 95.4 cm³/mol. The maximum Gasteiger partial charge on any atom is 0.274 e. The van der Waals surface area contributed by atoms with E-state index in [2.05, 4.69) is 5.32 Å². The lowest BCUT2D eigenvalue weighted by Crippen LogP contribution is -2.40. The van der Waals surface area contributed by atoms with Crippen LogP contribution in [-0.2, 0) is 16.0 Å². The van der Waals surface area contributed by atoms with Crippen molar-refractivity contribution in [2.24, 2.45) is 0 Å². The Labute approximate surface area is 141 Å². The number of para-hydroxylation sites is 1. The molecule has 0 saturated heterocycles. The fraction of sp³-hybridized carbons (Fsp3) is 0.200. The van der Waals surface area contributed by atoms with Gasteiger partial charge in [-0.3, -0.25) is 9.59 Å².